The predicted octanol–water partition coefficient (Wildman–Crippen LogP) is 4.93. The Kier molecular flexibility index (Phi) is 6.80. The van der Waals surface area contributed by atoms with E-state index in [-0.39, 0.29) is 11.4 Å². The van der Waals surface area contributed by atoms with Crippen LogP contribution in [0.4, 0.5) is 15.3 Å². The minimum Gasteiger partial charge on any atom is -0.494 e. The first-order valence-corrected chi connectivity index (χ1v) is 10.0. The number of rotatable bonds is 3. The van der Waals surface area contributed by atoms with Gasteiger partial charge < -0.3 is 14.2 Å². The molecule has 164 valence electrons. The van der Waals surface area contributed by atoms with Crippen LogP contribution >= 0.6 is 15.9 Å². The van der Waals surface area contributed by atoms with Crippen molar-refractivity contribution in [2.75, 3.05) is 12.0 Å². The monoisotopic (exact) mass is 482 g/mol. The summed E-state index contributed by atoms with van der Waals surface area (Å²) in [6, 6.07) is 3.30. The van der Waals surface area contributed by atoms with E-state index in [9.17, 15) is 9.59 Å². The molecule has 10 heteroatoms. The van der Waals surface area contributed by atoms with Crippen molar-refractivity contribution in [1.29, 1.82) is 0 Å². The number of carbonyl (C=O) groups excluding carboxylic acids is 2. The van der Waals surface area contributed by atoms with E-state index >= 15 is 0 Å². The molecule has 0 fully saturated rings. The fourth-order valence-electron chi connectivity index (χ4n) is 2.48. The van der Waals surface area contributed by atoms with Crippen LogP contribution in [0.1, 0.15) is 41.5 Å². The van der Waals surface area contributed by atoms with Gasteiger partial charge in [-0.25, -0.2) is 14.6 Å². The molecule has 0 radical (unpaired) electrons. The van der Waals surface area contributed by atoms with Crippen LogP contribution in [-0.2, 0) is 16.5 Å². The maximum atomic E-state index is 13.0. The minimum absolute atomic E-state index is 0.137. The van der Waals surface area contributed by atoms with Crippen LogP contribution in [0, 0.1) is 0 Å². The Balaban J connectivity index is 2.68. The summed E-state index contributed by atoms with van der Waals surface area (Å²) in [7, 11) is 3.16. The van der Waals surface area contributed by atoms with E-state index < -0.39 is 23.4 Å². The van der Waals surface area contributed by atoms with Gasteiger partial charge >= 0.3 is 12.2 Å². The number of anilines is 1. The number of amides is 2. The molecule has 1 heterocycles. The van der Waals surface area contributed by atoms with Gasteiger partial charge in [0.25, 0.3) is 0 Å². The molecule has 2 amide bonds. The smallest absolute Gasteiger partial charge is 0.424 e. The summed E-state index contributed by atoms with van der Waals surface area (Å²) in [5.41, 5.74) is -1.04. The molecule has 0 saturated carbocycles. The number of hydrogen-bond donors (Lipinski definition) is 0. The van der Waals surface area contributed by atoms with E-state index in [1.165, 1.54) is 18.1 Å². The van der Waals surface area contributed by atoms with E-state index in [0.29, 0.717) is 15.9 Å². The van der Waals surface area contributed by atoms with Gasteiger partial charge in [0.2, 0.25) is 0 Å². The van der Waals surface area contributed by atoms with E-state index in [2.05, 4.69) is 26.0 Å². The first-order valence-electron chi connectivity index (χ1n) is 9.21. The predicted molar refractivity (Wildman–Crippen MR) is 116 cm³/mol. The van der Waals surface area contributed by atoms with Gasteiger partial charge in [0, 0.05) is 11.5 Å². The highest BCUT2D eigenvalue weighted by Gasteiger charge is 2.35. The van der Waals surface area contributed by atoms with Crippen molar-refractivity contribution >= 4 is 33.8 Å². The molecule has 0 atom stereocenters. The number of aromatic nitrogens is 3. The van der Waals surface area contributed by atoms with Crippen LogP contribution in [0.25, 0.3) is 11.4 Å². The van der Waals surface area contributed by atoms with E-state index in [4.69, 9.17) is 14.2 Å². The second-order valence-electron chi connectivity index (χ2n) is 8.54. The Bertz CT molecular complexity index is 916. The van der Waals surface area contributed by atoms with Gasteiger partial charge in [-0.15, -0.1) is 0 Å². The molecular weight excluding hydrogens is 456 g/mol. The summed E-state index contributed by atoms with van der Waals surface area (Å²) in [6.45, 7) is 10.2. The molecule has 0 N–H and O–H groups in total. The molecule has 0 unspecified atom stereocenters. The van der Waals surface area contributed by atoms with Crippen LogP contribution in [0.2, 0.25) is 0 Å². The molecule has 2 aromatic rings. The molecule has 1 aromatic heterocycles. The van der Waals surface area contributed by atoms with Crippen molar-refractivity contribution in [3.63, 3.8) is 0 Å². The second kappa shape index (κ2) is 8.63. The number of aryl methyl sites for hydroxylation is 1. The van der Waals surface area contributed by atoms with Gasteiger partial charge in [-0.3, -0.25) is 4.68 Å². The van der Waals surface area contributed by atoms with Gasteiger partial charge in [0.15, 0.2) is 11.6 Å². The van der Waals surface area contributed by atoms with Crippen molar-refractivity contribution in [2.24, 2.45) is 7.05 Å². The number of carbonyl (C=O) groups is 2. The maximum absolute atomic E-state index is 13.0. The number of imide groups is 1. The zero-order valence-electron chi connectivity index (χ0n) is 18.4. The summed E-state index contributed by atoms with van der Waals surface area (Å²) in [5, 5.41) is 4.29. The lowest BCUT2D eigenvalue weighted by Crippen LogP contribution is -2.44. The Morgan fingerprint density at radius 1 is 1.03 bits per heavy atom. The molecule has 2 rings (SSSR count). The largest absolute Gasteiger partial charge is 0.494 e. The van der Waals surface area contributed by atoms with E-state index in [1.54, 1.807) is 60.7 Å². The average molecular weight is 483 g/mol. The molecule has 9 nitrogen and oxygen atoms in total. The topological polar surface area (TPSA) is 95.8 Å². The molecule has 0 saturated heterocycles. The fraction of sp³-hybridized carbons (Fsp3) is 0.500. The van der Waals surface area contributed by atoms with E-state index in [1.807, 2.05) is 0 Å². The highest BCUT2D eigenvalue weighted by molar-refractivity contribution is 9.10. The molecule has 0 bridgehead atoms. The Hall–Kier alpha value is -2.62. The summed E-state index contributed by atoms with van der Waals surface area (Å²) in [4.78, 5) is 31.1. The lowest BCUT2D eigenvalue weighted by atomic mass is 10.1. The Morgan fingerprint density at radius 3 is 1.97 bits per heavy atom. The fourth-order valence-corrected chi connectivity index (χ4v) is 2.92. The lowest BCUT2D eigenvalue weighted by molar-refractivity contribution is 0.0429. The number of halogens is 1. The van der Waals surface area contributed by atoms with Gasteiger partial charge in [-0.05, 0) is 53.7 Å². The van der Waals surface area contributed by atoms with Gasteiger partial charge in [0.1, 0.15) is 23.2 Å². The summed E-state index contributed by atoms with van der Waals surface area (Å²) < 4.78 is 18.6. The minimum atomic E-state index is -0.895. The van der Waals surface area contributed by atoms with Crippen molar-refractivity contribution in [1.82, 2.24) is 14.8 Å². The van der Waals surface area contributed by atoms with E-state index in [0.717, 1.165) is 4.90 Å². The van der Waals surface area contributed by atoms with Crippen LogP contribution in [-0.4, -0.2) is 45.3 Å². The summed E-state index contributed by atoms with van der Waals surface area (Å²) >= 11 is 3.42. The third-order valence-electron chi connectivity index (χ3n) is 3.47. The first kappa shape index (κ1) is 23.7. The third kappa shape index (κ3) is 5.94. The molecule has 1 aromatic carbocycles. The SMILES string of the molecule is COc1c(-c2ncn(C)n2)cc(Br)cc1N(C(=O)OC(C)(C)C)C(=O)OC(C)(C)C. The standard InChI is InChI=1S/C20H27BrN4O5/c1-19(2,3)29-17(26)25(18(27)30-20(4,5)6)14-10-12(21)9-13(15(14)28-8)16-22-11-24(7)23-16/h9-11H,1-8H3. The van der Waals surface area contributed by atoms with Crippen molar-refractivity contribution in [2.45, 2.75) is 52.7 Å². The Morgan fingerprint density at radius 2 is 1.57 bits per heavy atom. The third-order valence-corrected chi connectivity index (χ3v) is 3.93. The van der Waals surface area contributed by atoms with Crippen molar-refractivity contribution < 1.29 is 23.8 Å². The molecule has 0 spiro atoms. The lowest BCUT2D eigenvalue weighted by Gasteiger charge is -2.29. The van der Waals surface area contributed by atoms with Gasteiger partial charge in [-0.1, -0.05) is 15.9 Å². The quantitative estimate of drug-likeness (QED) is 0.611. The zero-order valence-corrected chi connectivity index (χ0v) is 20.0. The number of ether oxygens (including phenoxy) is 3. The maximum Gasteiger partial charge on any atom is 0.424 e. The average Bonchev–Trinajstić information content (AvgIpc) is 2.97. The molecule has 0 aliphatic carbocycles. The molecule has 30 heavy (non-hydrogen) atoms. The van der Waals surface area contributed by atoms with Crippen molar-refractivity contribution in [3.05, 3.63) is 22.9 Å². The van der Waals surface area contributed by atoms with Crippen LogP contribution < -0.4 is 9.64 Å². The van der Waals surface area contributed by atoms with Crippen LogP contribution in [0.3, 0.4) is 0 Å². The normalized spacial score (nSPS) is 11.8. The highest BCUT2D eigenvalue weighted by Crippen LogP contribution is 2.41. The second-order valence-corrected chi connectivity index (χ2v) is 9.46. The molecular formula is C20H27BrN4O5. The summed E-state index contributed by atoms with van der Waals surface area (Å²) in [6.07, 6.45) is -0.254. The Labute approximate surface area is 184 Å². The van der Waals surface area contributed by atoms with Gasteiger partial charge in [0.05, 0.1) is 12.7 Å². The first-order chi connectivity index (χ1) is 13.7. The molecule has 0 aliphatic heterocycles. The molecule has 0 aliphatic rings. The number of methoxy groups -OCH3 is 1. The highest BCUT2D eigenvalue weighted by atomic mass is 79.9. The van der Waals surface area contributed by atoms with Crippen molar-refractivity contribution in [3.8, 4) is 17.1 Å². The number of nitrogens with zero attached hydrogens (tertiary/aromatic N) is 4. The zero-order chi connectivity index (χ0) is 22.9. The number of benzene rings is 1. The van der Waals surface area contributed by atoms with Gasteiger partial charge in [-0.2, -0.15) is 10.00 Å². The van der Waals surface area contributed by atoms with Crippen LogP contribution in [0.5, 0.6) is 5.75 Å². The summed E-state index contributed by atoms with van der Waals surface area (Å²) in [5.74, 6) is 0.589. The van der Waals surface area contributed by atoms with Crippen LogP contribution in [0.15, 0.2) is 22.9 Å². The number of hydrogen-bond acceptors (Lipinski definition) is 7.